The number of thioether (sulfide) groups is 1. The van der Waals surface area contributed by atoms with Crippen molar-refractivity contribution < 1.29 is 9.21 Å². The molecule has 1 aliphatic heterocycles. The number of carbonyl (C=O) groups excluding carboxylic acids is 1. The van der Waals surface area contributed by atoms with E-state index in [1.807, 2.05) is 41.3 Å². The molecule has 7 heteroatoms. The fraction of sp³-hybridized carbons (Fsp3) is 0.348. The Bertz CT molecular complexity index is 940. The molecule has 1 fully saturated rings. The van der Waals surface area contributed by atoms with Gasteiger partial charge in [-0.2, -0.15) is 0 Å². The number of rotatable bonds is 7. The van der Waals surface area contributed by atoms with Crippen LogP contribution in [0.1, 0.15) is 30.0 Å². The van der Waals surface area contributed by atoms with Crippen molar-refractivity contribution >= 4 is 17.7 Å². The minimum atomic E-state index is 0.120. The van der Waals surface area contributed by atoms with Crippen LogP contribution in [0.2, 0.25) is 0 Å². The Morgan fingerprint density at radius 3 is 2.37 bits per heavy atom. The van der Waals surface area contributed by atoms with Gasteiger partial charge in [-0.1, -0.05) is 72.4 Å². The first kappa shape index (κ1) is 20.6. The summed E-state index contributed by atoms with van der Waals surface area (Å²) in [5.41, 5.74) is 2.44. The van der Waals surface area contributed by atoms with Crippen molar-refractivity contribution in [3.8, 4) is 0 Å². The maximum absolute atomic E-state index is 12.6. The standard InChI is InChI=1S/C23H26N4O2S/c1-18(20-10-6-3-7-11-20)26-12-14-27(15-13-26)22(28)17-30-23-25-24-21(29-23)16-19-8-4-2-5-9-19/h2-11,18H,12-17H2,1H3/t18-/m0/s1. The molecule has 0 aliphatic carbocycles. The van der Waals surface area contributed by atoms with Crippen LogP contribution in [0.3, 0.4) is 0 Å². The summed E-state index contributed by atoms with van der Waals surface area (Å²) in [5, 5.41) is 8.61. The first-order valence-electron chi connectivity index (χ1n) is 10.2. The van der Waals surface area contributed by atoms with Gasteiger partial charge < -0.3 is 9.32 Å². The molecule has 1 atom stereocenters. The van der Waals surface area contributed by atoms with Crippen LogP contribution in [0.5, 0.6) is 0 Å². The highest BCUT2D eigenvalue weighted by molar-refractivity contribution is 7.99. The van der Waals surface area contributed by atoms with Crippen LogP contribution in [0.4, 0.5) is 0 Å². The molecule has 1 aromatic heterocycles. The SMILES string of the molecule is C[C@@H](c1ccccc1)N1CCN(C(=O)CSc2nnc(Cc3ccccc3)o2)CC1. The van der Waals surface area contributed by atoms with Crippen LogP contribution in [0.15, 0.2) is 70.3 Å². The smallest absolute Gasteiger partial charge is 0.277 e. The number of carbonyl (C=O) groups is 1. The van der Waals surface area contributed by atoms with Gasteiger partial charge in [-0.25, -0.2) is 0 Å². The number of hydrogen-bond donors (Lipinski definition) is 0. The van der Waals surface area contributed by atoms with Crippen LogP contribution >= 0.6 is 11.8 Å². The second-order valence-corrected chi connectivity index (χ2v) is 8.34. The molecular formula is C23H26N4O2S. The second-order valence-electron chi connectivity index (χ2n) is 7.42. The maximum Gasteiger partial charge on any atom is 0.277 e. The summed E-state index contributed by atoms with van der Waals surface area (Å²) in [4.78, 5) is 17.0. The fourth-order valence-electron chi connectivity index (χ4n) is 3.65. The van der Waals surface area contributed by atoms with Gasteiger partial charge in [0.05, 0.1) is 12.2 Å². The third-order valence-corrected chi connectivity index (χ3v) is 6.27. The zero-order chi connectivity index (χ0) is 20.8. The van der Waals surface area contributed by atoms with Gasteiger partial charge in [0.2, 0.25) is 11.8 Å². The lowest BCUT2D eigenvalue weighted by molar-refractivity contribution is -0.130. The van der Waals surface area contributed by atoms with E-state index in [1.165, 1.54) is 17.3 Å². The lowest BCUT2D eigenvalue weighted by Crippen LogP contribution is -2.49. The molecule has 2 heterocycles. The lowest BCUT2D eigenvalue weighted by Gasteiger charge is -2.38. The quantitative estimate of drug-likeness (QED) is 0.542. The van der Waals surface area contributed by atoms with E-state index < -0.39 is 0 Å². The predicted molar refractivity (Wildman–Crippen MR) is 117 cm³/mol. The minimum absolute atomic E-state index is 0.120. The van der Waals surface area contributed by atoms with Crippen LogP contribution in [0.25, 0.3) is 0 Å². The summed E-state index contributed by atoms with van der Waals surface area (Å²) in [6.45, 7) is 5.49. The normalized spacial score (nSPS) is 15.8. The summed E-state index contributed by atoms with van der Waals surface area (Å²) in [6.07, 6.45) is 0.601. The molecule has 6 nitrogen and oxygen atoms in total. The highest BCUT2D eigenvalue weighted by Crippen LogP contribution is 2.22. The molecule has 1 aliphatic rings. The summed E-state index contributed by atoms with van der Waals surface area (Å²) >= 11 is 1.31. The molecule has 0 bridgehead atoms. The number of benzene rings is 2. The molecular weight excluding hydrogens is 396 g/mol. The molecule has 0 unspecified atom stereocenters. The summed E-state index contributed by atoms with van der Waals surface area (Å²) in [7, 11) is 0. The first-order valence-corrected chi connectivity index (χ1v) is 11.2. The van der Waals surface area contributed by atoms with Gasteiger partial charge in [0.25, 0.3) is 5.22 Å². The average molecular weight is 423 g/mol. The second kappa shape index (κ2) is 9.91. The highest BCUT2D eigenvalue weighted by atomic mass is 32.2. The Morgan fingerprint density at radius 1 is 1.00 bits per heavy atom. The number of piperazine rings is 1. The minimum Gasteiger partial charge on any atom is -0.416 e. The van der Waals surface area contributed by atoms with Crippen LogP contribution in [-0.2, 0) is 11.2 Å². The number of amides is 1. The summed E-state index contributed by atoms with van der Waals surface area (Å²) in [5.74, 6) is 1.01. The van der Waals surface area contributed by atoms with E-state index in [0.717, 1.165) is 31.7 Å². The molecule has 4 rings (SSSR count). The highest BCUT2D eigenvalue weighted by Gasteiger charge is 2.25. The molecule has 0 radical (unpaired) electrons. The molecule has 1 saturated heterocycles. The van der Waals surface area contributed by atoms with E-state index in [4.69, 9.17) is 4.42 Å². The van der Waals surface area contributed by atoms with E-state index in [-0.39, 0.29) is 5.91 Å². The molecule has 3 aromatic rings. The van der Waals surface area contributed by atoms with Gasteiger partial charge in [-0.3, -0.25) is 9.69 Å². The Kier molecular flexibility index (Phi) is 6.81. The van der Waals surface area contributed by atoms with E-state index in [2.05, 4.69) is 46.3 Å². The largest absolute Gasteiger partial charge is 0.416 e. The lowest BCUT2D eigenvalue weighted by atomic mass is 10.1. The molecule has 2 aromatic carbocycles. The van der Waals surface area contributed by atoms with Crippen LogP contribution in [0, 0.1) is 0 Å². The van der Waals surface area contributed by atoms with Crippen LogP contribution < -0.4 is 0 Å². The zero-order valence-electron chi connectivity index (χ0n) is 17.1. The van der Waals surface area contributed by atoms with Crippen molar-refractivity contribution in [1.29, 1.82) is 0 Å². The monoisotopic (exact) mass is 422 g/mol. The Balaban J connectivity index is 1.23. The van der Waals surface area contributed by atoms with E-state index >= 15 is 0 Å². The van der Waals surface area contributed by atoms with Gasteiger partial charge in [0, 0.05) is 32.2 Å². The number of aromatic nitrogens is 2. The molecule has 30 heavy (non-hydrogen) atoms. The molecule has 0 spiro atoms. The van der Waals surface area contributed by atoms with Crippen molar-refractivity contribution in [3.05, 3.63) is 77.7 Å². The number of hydrogen-bond acceptors (Lipinski definition) is 6. The Hall–Kier alpha value is -2.64. The van der Waals surface area contributed by atoms with E-state index in [0.29, 0.717) is 29.3 Å². The molecule has 1 amide bonds. The van der Waals surface area contributed by atoms with Crippen molar-refractivity contribution in [3.63, 3.8) is 0 Å². The Labute approximate surface area is 181 Å². The molecule has 0 saturated carbocycles. The number of nitrogens with zero attached hydrogens (tertiary/aromatic N) is 4. The van der Waals surface area contributed by atoms with Crippen LogP contribution in [-0.4, -0.2) is 57.8 Å². The van der Waals surface area contributed by atoms with Gasteiger partial charge in [-0.05, 0) is 18.1 Å². The topological polar surface area (TPSA) is 62.5 Å². The average Bonchev–Trinajstić information content (AvgIpc) is 3.25. The van der Waals surface area contributed by atoms with Gasteiger partial charge in [0.15, 0.2) is 0 Å². The van der Waals surface area contributed by atoms with Gasteiger partial charge >= 0.3 is 0 Å². The van der Waals surface area contributed by atoms with Crippen molar-refractivity contribution in [1.82, 2.24) is 20.0 Å². The van der Waals surface area contributed by atoms with Gasteiger partial charge in [-0.15, -0.1) is 10.2 Å². The van der Waals surface area contributed by atoms with E-state index in [1.54, 1.807) is 0 Å². The van der Waals surface area contributed by atoms with Crippen molar-refractivity contribution in [2.45, 2.75) is 24.6 Å². The Morgan fingerprint density at radius 2 is 1.67 bits per heavy atom. The molecule has 156 valence electrons. The summed E-state index contributed by atoms with van der Waals surface area (Å²) < 4.78 is 5.68. The maximum atomic E-state index is 12.6. The summed E-state index contributed by atoms with van der Waals surface area (Å²) in [6, 6.07) is 20.9. The van der Waals surface area contributed by atoms with Gasteiger partial charge in [0.1, 0.15) is 0 Å². The third-order valence-electron chi connectivity index (χ3n) is 5.46. The zero-order valence-corrected chi connectivity index (χ0v) is 17.9. The predicted octanol–water partition coefficient (Wildman–Crippen LogP) is 3.66. The third kappa shape index (κ3) is 5.29. The van der Waals surface area contributed by atoms with E-state index in [9.17, 15) is 4.79 Å². The fourth-order valence-corrected chi connectivity index (χ4v) is 4.34. The van der Waals surface area contributed by atoms with Crippen molar-refractivity contribution in [2.24, 2.45) is 0 Å². The van der Waals surface area contributed by atoms with Crippen molar-refractivity contribution in [2.75, 3.05) is 31.9 Å². The molecule has 0 N–H and O–H groups in total. The first-order chi connectivity index (χ1) is 14.7.